The van der Waals surface area contributed by atoms with Crippen LogP contribution in [0.15, 0.2) is 54.7 Å². The largest absolute Gasteiger partial charge is 0.283 e. The summed E-state index contributed by atoms with van der Waals surface area (Å²) in [5, 5.41) is 1.71. The molecule has 22 heavy (non-hydrogen) atoms. The van der Waals surface area contributed by atoms with Gasteiger partial charge >= 0.3 is 0 Å². The van der Waals surface area contributed by atoms with Gasteiger partial charge in [0.2, 0.25) is 0 Å². The third-order valence-corrected chi connectivity index (χ3v) is 4.05. The lowest BCUT2D eigenvalue weighted by Crippen LogP contribution is -2.12. The van der Waals surface area contributed by atoms with Gasteiger partial charge in [-0.2, -0.15) is 0 Å². The summed E-state index contributed by atoms with van der Waals surface area (Å²) in [4.78, 5) is 12.8. The number of hydrogen-bond donors (Lipinski definition) is 0. The number of carbonyl (C=O) groups is 1. The van der Waals surface area contributed by atoms with Gasteiger partial charge in [0.05, 0.1) is 5.52 Å². The van der Waals surface area contributed by atoms with E-state index in [-0.39, 0.29) is 11.3 Å². The summed E-state index contributed by atoms with van der Waals surface area (Å²) in [7, 11) is 0. The van der Waals surface area contributed by atoms with Crippen molar-refractivity contribution in [3.63, 3.8) is 0 Å². The van der Waals surface area contributed by atoms with Crippen LogP contribution in [0.5, 0.6) is 0 Å². The molecule has 0 saturated carbocycles. The van der Waals surface area contributed by atoms with Gasteiger partial charge in [0, 0.05) is 22.2 Å². The van der Waals surface area contributed by atoms with Crippen molar-refractivity contribution in [1.29, 1.82) is 0 Å². The highest BCUT2D eigenvalue weighted by molar-refractivity contribution is 6.31. The molecule has 0 atom stereocenters. The Labute approximate surface area is 135 Å². The second-order valence-electron chi connectivity index (χ2n) is 6.50. The average Bonchev–Trinajstić information content (AvgIpc) is 2.86. The van der Waals surface area contributed by atoms with E-state index < -0.39 is 0 Å². The number of benzene rings is 2. The van der Waals surface area contributed by atoms with Crippen molar-refractivity contribution in [1.82, 2.24) is 4.57 Å². The molecule has 2 nitrogen and oxygen atoms in total. The molecular weight excluding hydrogens is 294 g/mol. The molecule has 0 aliphatic heterocycles. The van der Waals surface area contributed by atoms with Crippen molar-refractivity contribution < 1.29 is 4.79 Å². The van der Waals surface area contributed by atoms with E-state index in [4.69, 9.17) is 11.6 Å². The minimum atomic E-state index is -0.0643. The van der Waals surface area contributed by atoms with Gasteiger partial charge in [0.1, 0.15) is 0 Å². The second kappa shape index (κ2) is 5.29. The zero-order chi connectivity index (χ0) is 15.9. The van der Waals surface area contributed by atoms with E-state index in [1.165, 1.54) is 0 Å². The fourth-order valence-corrected chi connectivity index (χ4v) is 2.86. The van der Waals surface area contributed by atoms with Crippen LogP contribution >= 0.6 is 11.6 Å². The Hall–Kier alpha value is -2.06. The minimum absolute atomic E-state index is 0.0246. The van der Waals surface area contributed by atoms with Crippen molar-refractivity contribution in [3.8, 4) is 0 Å². The molecule has 0 amide bonds. The maximum Gasteiger partial charge on any atom is 0.262 e. The lowest BCUT2D eigenvalue weighted by Gasteiger charge is -2.17. The van der Waals surface area contributed by atoms with E-state index in [2.05, 4.69) is 20.8 Å². The molecule has 0 N–H and O–H groups in total. The van der Waals surface area contributed by atoms with Crippen LogP contribution in [-0.4, -0.2) is 10.5 Å². The van der Waals surface area contributed by atoms with Gasteiger partial charge in [0.15, 0.2) is 0 Å². The summed E-state index contributed by atoms with van der Waals surface area (Å²) >= 11 is 6.15. The lowest BCUT2D eigenvalue weighted by atomic mass is 9.87. The van der Waals surface area contributed by atoms with Gasteiger partial charge in [-0.05, 0) is 41.3 Å². The number of nitrogens with zero attached hydrogens (tertiary/aromatic N) is 1. The summed E-state index contributed by atoms with van der Waals surface area (Å²) in [5.41, 5.74) is 2.62. The van der Waals surface area contributed by atoms with Crippen molar-refractivity contribution in [2.24, 2.45) is 0 Å². The second-order valence-corrected chi connectivity index (χ2v) is 6.93. The zero-order valence-electron chi connectivity index (χ0n) is 12.9. The number of aromatic nitrogens is 1. The average molecular weight is 312 g/mol. The summed E-state index contributed by atoms with van der Waals surface area (Å²) < 4.78 is 1.72. The molecule has 0 aliphatic rings. The Morgan fingerprint density at radius 2 is 1.73 bits per heavy atom. The maximum absolute atomic E-state index is 12.8. The third kappa shape index (κ3) is 2.55. The topological polar surface area (TPSA) is 22.0 Å². The first kappa shape index (κ1) is 14.9. The zero-order valence-corrected chi connectivity index (χ0v) is 13.7. The van der Waals surface area contributed by atoms with Gasteiger partial charge < -0.3 is 0 Å². The first-order chi connectivity index (χ1) is 10.4. The molecule has 0 fully saturated rings. The predicted molar refractivity (Wildman–Crippen MR) is 91.8 cm³/mol. The Morgan fingerprint density at radius 3 is 2.36 bits per heavy atom. The highest BCUT2D eigenvalue weighted by Gasteiger charge is 2.23. The van der Waals surface area contributed by atoms with E-state index in [0.717, 1.165) is 16.5 Å². The number of hydrogen-bond acceptors (Lipinski definition) is 1. The molecule has 0 spiro atoms. The lowest BCUT2D eigenvalue weighted by molar-refractivity contribution is 0.0965. The van der Waals surface area contributed by atoms with Crippen molar-refractivity contribution in [3.05, 3.63) is 70.9 Å². The van der Waals surface area contributed by atoms with Gasteiger partial charge in [-0.1, -0.05) is 50.6 Å². The summed E-state index contributed by atoms with van der Waals surface area (Å²) in [5.74, 6) is -0.0246. The monoisotopic (exact) mass is 311 g/mol. The normalized spacial score (nSPS) is 11.8. The van der Waals surface area contributed by atoms with Crippen LogP contribution < -0.4 is 0 Å². The number of carbonyl (C=O) groups excluding carboxylic acids is 1. The molecule has 1 aromatic heterocycles. The molecule has 2 aromatic carbocycles. The highest BCUT2D eigenvalue weighted by atomic mass is 35.5. The van der Waals surface area contributed by atoms with Crippen LogP contribution in [0.25, 0.3) is 10.9 Å². The minimum Gasteiger partial charge on any atom is -0.283 e. The van der Waals surface area contributed by atoms with Crippen molar-refractivity contribution in [2.75, 3.05) is 0 Å². The molecule has 0 bridgehead atoms. The molecule has 0 radical (unpaired) electrons. The van der Waals surface area contributed by atoms with E-state index in [1.807, 2.05) is 54.7 Å². The molecule has 0 unspecified atom stereocenters. The molecular formula is C19H18ClNO. The maximum atomic E-state index is 12.8. The quantitative estimate of drug-likeness (QED) is 0.599. The number of halogens is 1. The number of rotatable bonds is 1. The molecule has 1 heterocycles. The Kier molecular flexibility index (Phi) is 3.57. The highest BCUT2D eigenvalue weighted by Crippen LogP contribution is 2.33. The summed E-state index contributed by atoms with van der Waals surface area (Å²) in [6.07, 6.45) is 1.94. The first-order valence-electron chi connectivity index (χ1n) is 7.29. The predicted octanol–water partition coefficient (Wildman–Crippen LogP) is 5.28. The Bertz CT molecular complexity index is 841. The molecule has 0 aliphatic carbocycles. The number of fused-ring (bicyclic) bond motifs is 1. The molecule has 3 aromatic rings. The smallest absolute Gasteiger partial charge is 0.262 e. The first-order valence-corrected chi connectivity index (χ1v) is 7.66. The molecule has 3 heteroatoms. The molecule has 3 rings (SSSR count). The summed E-state index contributed by atoms with van der Waals surface area (Å²) in [6.45, 7) is 6.42. The Balaban J connectivity index is 2.25. The Morgan fingerprint density at radius 1 is 1.05 bits per heavy atom. The van der Waals surface area contributed by atoms with E-state index in [9.17, 15) is 4.79 Å². The third-order valence-electron chi connectivity index (χ3n) is 3.81. The summed E-state index contributed by atoms with van der Waals surface area (Å²) in [6, 6.07) is 15.0. The fraction of sp³-hybridized carbons (Fsp3) is 0.211. The molecule has 112 valence electrons. The van der Waals surface area contributed by atoms with Crippen LogP contribution in [0.4, 0.5) is 0 Å². The van der Waals surface area contributed by atoms with E-state index in [0.29, 0.717) is 10.6 Å². The van der Waals surface area contributed by atoms with E-state index in [1.54, 1.807) is 4.57 Å². The van der Waals surface area contributed by atoms with Crippen LogP contribution in [0.2, 0.25) is 5.02 Å². The van der Waals surface area contributed by atoms with E-state index >= 15 is 0 Å². The van der Waals surface area contributed by atoms with Crippen LogP contribution in [0.3, 0.4) is 0 Å². The van der Waals surface area contributed by atoms with Gasteiger partial charge in [-0.25, -0.2) is 0 Å². The molecule has 0 saturated heterocycles. The van der Waals surface area contributed by atoms with Gasteiger partial charge in [-0.15, -0.1) is 0 Å². The SMILES string of the molecule is CC(C)(C)c1cn(C(=O)c2ccccc2)c2ccc(Cl)cc12. The van der Waals surface area contributed by atoms with Crippen LogP contribution in [0.1, 0.15) is 36.7 Å². The fourth-order valence-electron chi connectivity index (χ4n) is 2.69. The van der Waals surface area contributed by atoms with Gasteiger partial charge in [-0.3, -0.25) is 9.36 Å². The van der Waals surface area contributed by atoms with Crippen LogP contribution in [0, 0.1) is 0 Å². The standard InChI is InChI=1S/C19H18ClNO/c1-19(2,3)16-12-21(17-10-9-14(20)11-15(16)17)18(22)13-7-5-4-6-8-13/h4-12H,1-3H3. The van der Waals surface area contributed by atoms with Crippen molar-refractivity contribution >= 4 is 28.4 Å². The van der Waals surface area contributed by atoms with Gasteiger partial charge in [0.25, 0.3) is 5.91 Å². The van der Waals surface area contributed by atoms with Crippen molar-refractivity contribution in [2.45, 2.75) is 26.2 Å². The van der Waals surface area contributed by atoms with Crippen LogP contribution in [-0.2, 0) is 5.41 Å².